The van der Waals surface area contributed by atoms with Crippen LogP contribution in [0.4, 0.5) is 5.69 Å². The van der Waals surface area contributed by atoms with Crippen LogP contribution in [0.25, 0.3) is 11.1 Å². The Kier molecular flexibility index (Phi) is 12.4. The molecule has 0 radical (unpaired) electrons. The van der Waals surface area contributed by atoms with E-state index in [9.17, 15) is 19.5 Å². The van der Waals surface area contributed by atoms with Gasteiger partial charge in [-0.3, -0.25) is 14.4 Å². The van der Waals surface area contributed by atoms with Gasteiger partial charge in [-0.15, -0.1) is 11.8 Å². The molecule has 1 aliphatic heterocycles. The fourth-order valence-electron chi connectivity index (χ4n) is 5.43. The number of thioether (sulfide) groups is 1. The van der Waals surface area contributed by atoms with Crippen LogP contribution in [0, 0.1) is 0 Å². The first-order chi connectivity index (χ1) is 23.2. The van der Waals surface area contributed by atoms with Gasteiger partial charge in [-0.05, 0) is 64.6 Å². The molecule has 0 saturated carbocycles. The van der Waals surface area contributed by atoms with Crippen molar-refractivity contribution in [1.82, 2.24) is 5.32 Å². The number of carboxylic acid groups (broad SMARTS) is 1. The van der Waals surface area contributed by atoms with Crippen LogP contribution in [-0.4, -0.2) is 39.9 Å². The molecule has 4 N–H and O–H groups in total. The van der Waals surface area contributed by atoms with Gasteiger partial charge in [0.2, 0.25) is 11.8 Å². The number of aliphatic hydroxyl groups excluding tert-OH is 1. The predicted molar refractivity (Wildman–Crippen MR) is 185 cm³/mol. The molecule has 0 spiro atoms. The van der Waals surface area contributed by atoms with Crippen LogP contribution in [0.15, 0.2) is 102 Å². The number of carboxylic acids is 1. The quantitative estimate of drug-likeness (QED) is 0.105. The van der Waals surface area contributed by atoms with E-state index in [0.29, 0.717) is 25.1 Å². The maximum atomic E-state index is 12.1. The van der Waals surface area contributed by atoms with Crippen molar-refractivity contribution >= 4 is 35.2 Å². The number of hydrogen-bond acceptors (Lipinski definition) is 7. The number of rotatable bonds is 14. The number of carbonyl (C=O) groups is 3. The Morgan fingerprint density at radius 1 is 0.833 bits per heavy atom. The van der Waals surface area contributed by atoms with Gasteiger partial charge >= 0.3 is 5.97 Å². The summed E-state index contributed by atoms with van der Waals surface area (Å²) in [6, 6.07) is 31.6. The van der Waals surface area contributed by atoms with Crippen molar-refractivity contribution in [2.24, 2.45) is 0 Å². The minimum Gasteiger partial charge on any atom is -0.481 e. The first kappa shape index (κ1) is 34.8. The molecule has 4 aromatic rings. The summed E-state index contributed by atoms with van der Waals surface area (Å²) in [5.41, 5.74) is 6.48. The molecule has 0 aliphatic carbocycles. The lowest BCUT2D eigenvalue weighted by molar-refractivity contribution is -0.245. The van der Waals surface area contributed by atoms with Crippen molar-refractivity contribution in [1.29, 1.82) is 0 Å². The Bertz CT molecular complexity index is 1680. The number of anilines is 1. The van der Waals surface area contributed by atoms with E-state index in [1.54, 1.807) is 11.8 Å². The summed E-state index contributed by atoms with van der Waals surface area (Å²) in [5.74, 6) is -0.466. The van der Waals surface area contributed by atoms with E-state index in [-0.39, 0.29) is 43.5 Å². The lowest BCUT2D eigenvalue weighted by Gasteiger charge is -2.36. The van der Waals surface area contributed by atoms with Gasteiger partial charge in [-0.25, -0.2) is 0 Å². The molecule has 48 heavy (non-hydrogen) atoms. The number of benzene rings is 4. The number of aliphatic carboxylic acids is 1. The molecule has 10 heteroatoms. The Morgan fingerprint density at radius 3 is 2.25 bits per heavy atom. The minimum atomic E-state index is -0.904. The fourth-order valence-corrected chi connectivity index (χ4v) is 6.35. The highest BCUT2D eigenvalue weighted by Crippen LogP contribution is 2.40. The van der Waals surface area contributed by atoms with Crippen molar-refractivity contribution < 1.29 is 34.1 Å². The Morgan fingerprint density at radius 2 is 1.56 bits per heavy atom. The number of ether oxygens (including phenoxy) is 2. The number of hydrogen-bond donors (Lipinski definition) is 4. The molecule has 9 nitrogen and oxygen atoms in total. The van der Waals surface area contributed by atoms with Crippen LogP contribution in [0.3, 0.4) is 0 Å². The molecule has 0 bridgehead atoms. The van der Waals surface area contributed by atoms with Crippen LogP contribution < -0.4 is 10.6 Å². The zero-order valence-electron chi connectivity index (χ0n) is 26.8. The summed E-state index contributed by atoms with van der Waals surface area (Å²) in [7, 11) is 0. The van der Waals surface area contributed by atoms with Gasteiger partial charge in [0.15, 0.2) is 6.29 Å². The van der Waals surface area contributed by atoms with Crippen molar-refractivity contribution in [2.75, 3.05) is 11.1 Å². The van der Waals surface area contributed by atoms with E-state index in [1.807, 2.05) is 97.1 Å². The number of amides is 2. The molecule has 0 aromatic heterocycles. The summed E-state index contributed by atoms with van der Waals surface area (Å²) in [6.45, 7) is 1.83. The largest absolute Gasteiger partial charge is 0.481 e. The van der Waals surface area contributed by atoms with E-state index in [1.165, 1.54) is 6.92 Å². The normalized spacial score (nSPS) is 17.4. The van der Waals surface area contributed by atoms with Crippen LogP contribution >= 0.6 is 11.8 Å². The molecule has 250 valence electrons. The standard InChI is InChI=1S/C38H40N2O7S/c1-25(42)40-32-16-18-34(19-17-32)48-24-33-21-35(29-10-8-26(23-41)9-11-29)47-38(46-33)30-14-12-28(13-15-30)31-5-2-4-27(20-31)22-39-36(43)6-3-7-37(44)45/h2,4-5,8-20,33,35,38,41H,3,6-7,21-24H2,1H3,(H,39,43)(H,40,42)(H,44,45)/t33-,35+,38+/m0/s1. The molecule has 1 heterocycles. The molecular weight excluding hydrogens is 628 g/mol. The van der Waals surface area contributed by atoms with E-state index in [0.717, 1.165) is 44.0 Å². The van der Waals surface area contributed by atoms with Gasteiger partial charge in [0, 0.05) is 54.6 Å². The topological polar surface area (TPSA) is 134 Å². The van der Waals surface area contributed by atoms with E-state index >= 15 is 0 Å². The van der Waals surface area contributed by atoms with Crippen LogP contribution in [0.1, 0.15) is 67.3 Å². The monoisotopic (exact) mass is 668 g/mol. The molecule has 1 saturated heterocycles. The SMILES string of the molecule is CC(=O)Nc1ccc(SC[C@@H]2C[C@H](c3ccc(CO)cc3)O[C@H](c3ccc(-c4cccc(CNC(=O)CCCC(=O)O)c4)cc3)O2)cc1. The van der Waals surface area contributed by atoms with Gasteiger partial charge in [-0.2, -0.15) is 0 Å². The lowest BCUT2D eigenvalue weighted by atomic mass is 9.99. The molecule has 5 rings (SSSR count). The zero-order chi connectivity index (χ0) is 33.9. The fraction of sp³-hybridized carbons (Fsp3) is 0.289. The maximum absolute atomic E-state index is 12.1. The summed E-state index contributed by atoms with van der Waals surface area (Å²) in [4.78, 5) is 35.2. The third-order valence-electron chi connectivity index (χ3n) is 7.95. The van der Waals surface area contributed by atoms with E-state index in [2.05, 4.69) is 10.6 Å². The zero-order valence-corrected chi connectivity index (χ0v) is 27.6. The number of aliphatic hydroxyl groups is 1. The van der Waals surface area contributed by atoms with E-state index < -0.39 is 12.3 Å². The predicted octanol–water partition coefficient (Wildman–Crippen LogP) is 7.01. The van der Waals surface area contributed by atoms with Gasteiger partial charge < -0.3 is 30.3 Å². The van der Waals surface area contributed by atoms with Gasteiger partial charge in [0.1, 0.15) is 0 Å². The third kappa shape index (κ3) is 10.3. The first-order valence-electron chi connectivity index (χ1n) is 15.9. The molecule has 0 unspecified atom stereocenters. The van der Waals surface area contributed by atoms with Gasteiger partial charge in [0.25, 0.3) is 0 Å². The second-order valence-corrected chi connectivity index (χ2v) is 12.8. The highest BCUT2D eigenvalue weighted by molar-refractivity contribution is 7.99. The molecule has 2 amide bonds. The van der Waals surface area contributed by atoms with Crippen molar-refractivity contribution in [3.8, 4) is 11.1 Å². The summed E-state index contributed by atoms with van der Waals surface area (Å²) in [5, 5.41) is 24.0. The van der Waals surface area contributed by atoms with Gasteiger partial charge in [-0.1, -0.05) is 66.7 Å². The Labute approximate surface area is 284 Å². The Hall–Kier alpha value is -4.48. The maximum Gasteiger partial charge on any atom is 0.303 e. The molecule has 3 atom stereocenters. The molecule has 1 fully saturated rings. The second kappa shape index (κ2) is 17.1. The van der Waals surface area contributed by atoms with Crippen LogP contribution in [0.2, 0.25) is 0 Å². The van der Waals surface area contributed by atoms with Crippen LogP contribution in [0.5, 0.6) is 0 Å². The summed E-state index contributed by atoms with van der Waals surface area (Å²) < 4.78 is 13.0. The minimum absolute atomic E-state index is 0.0178. The first-order valence-corrected chi connectivity index (χ1v) is 16.9. The van der Waals surface area contributed by atoms with E-state index in [4.69, 9.17) is 14.6 Å². The van der Waals surface area contributed by atoms with Crippen molar-refractivity contribution in [3.05, 3.63) is 119 Å². The Balaban J connectivity index is 1.26. The average Bonchev–Trinajstić information content (AvgIpc) is 3.10. The number of carbonyl (C=O) groups excluding carboxylic acids is 2. The second-order valence-electron chi connectivity index (χ2n) is 11.7. The lowest BCUT2D eigenvalue weighted by Crippen LogP contribution is -2.31. The molecule has 1 aliphatic rings. The van der Waals surface area contributed by atoms with Gasteiger partial charge in [0.05, 0.1) is 18.8 Å². The highest BCUT2D eigenvalue weighted by Gasteiger charge is 2.32. The molecular formula is C38H40N2O7S. The molecule has 4 aromatic carbocycles. The number of nitrogens with one attached hydrogen (secondary N) is 2. The summed E-state index contributed by atoms with van der Waals surface area (Å²) in [6.07, 6.45) is 0.276. The van der Waals surface area contributed by atoms with Crippen LogP contribution in [-0.2, 0) is 37.0 Å². The van der Waals surface area contributed by atoms with Crippen molar-refractivity contribution in [2.45, 2.75) is 69.2 Å². The highest BCUT2D eigenvalue weighted by atomic mass is 32.2. The third-order valence-corrected chi connectivity index (χ3v) is 9.10. The average molecular weight is 669 g/mol. The summed E-state index contributed by atoms with van der Waals surface area (Å²) >= 11 is 1.69. The smallest absolute Gasteiger partial charge is 0.303 e. The van der Waals surface area contributed by atoms with Crippen molar-refractivity contribution in [3.63, 3.8) is 0 Å².